The zero-order chi connectivity index (χ0) is 19.2. The quantitative estimate of drug-likeness (QED) is 0.338. The van der Waals surface area contributed by atoms with E-state index >= 15 is 0 Å². The summed E-state index contributed by atoms with van der Waals surface area (Å²) in [4.78, 5) is 4.71. The van der Waals surface area contributed by atoms with Gasteiger partial charge in [-0.1, -0.05) is 23.7 Å². The lowest BCUT2D eigenvalue weighted by Crippen LogP contribution is -2.40. The monoisotopic (exact) mass is 528 g/mol. The Kier molecular flexibility index (Phi) is 10.4. The molecular weight excluding hydrogens is 499 g/mol. The van der Waals surface area contributed by atoms with Crippen LogP contribution >= 0.6 is 35.6 Å². The smallest absolute Gasteiger partial charge is 0.211 e. The number of aliphatic imine (C=N–C) groups is 1. The van der Waals surface area contributed by atoms with Crippen molar-refractivity contribution in [3.05, 3.63) is 34.9 Å². The summed E-state index contributed by atoms with van der Waals surface area (Å²) >= 11 is 5.95. The van der Waals surface area contributed by atoms with E-state index < -0.39 is 10.0 Å². The van der Waals surface area contributed by atoms with Crippen LogP contribution in [0, 0.1) is 5.92 Å². The van der Waals surface area contributed by atoms with Crippen molar-refractivity contribution in [2.24, 2.45) is 10.9 Å². The lowest BCUT2D eigenvalue weighted by atomic mass is 9.98. The standard InChI is InChI=1S/C18H29ClN4O2S.HI/c1-4-20-18(22-14(2)16-5-7-17(19)8-6-16)21-13-15-9-11-23(12-10-15)26(3,24)25;/h5-8,14-15H,4,9-13H2,1-3H3,(H2,20,21,22);1H. The van der Waals surface area contributed by atoms with Gasteiger partial charge in [0.05, 0.1) is 12.3 Å². The molecule has 2 N–H and O–H groups in total. The predicted molar refractivity (Wildman–Crippen MR) is 124 cm³/mol. The first kappa shape index (κ1) is 24.5. The molecule has 9 heteroatoms. The maximum atomic E-state index is 11.6. The molecule has 0 radical (unpaired) electrons. The van der Waals surface area contributed by atoms with Crippen LogP contribution < -0.4 is 10.6 Å². The fraction of sp³-hybridized carbons (Fsp3) is 0.611. The van der Waals surface area contributed by atoms with E-state index in [-0.39, 0.29) is 30.0 Å². The van der Waals surface area contributed by atoms with Crippen LogP contribution in [0.3, 0.4) is 0 Å². The number of hydrogen-bond donors (Lipinski definition) is 2. The zero-order valence-electron chi connectivity index (χ0n) is 16.1. The highest BCUT2D eigenvalue weighted by molar-refractivity contribution is 14.0. The summed E-state index contributed by atoms with van der Waals surface area (Å²) in [6, 6.07) is 7.88. The minimum atomic E-state index is -3.08. The Labute approximate surface area is 185 Å². The van der Waals surface area contributed by atoms with Crippen LogP contribution in [0.4, 0.5) is 0 Å². The summed E-state index contributed by atoms with van der Waals surface area (Å²) in [5.74, 6) is 1.19. The van der Waals surface area contributed by atoms with Crippen LogP contribution in [0.25, 0.3) is 0 Å². The minimum Gasteiger partial charge on any atom is -0.357 e. The highest BCUT2D eigenvalue weighted by atomic mass is 127. The van der Waals surface area contributed by atoms with Gasteiger partial charge in [-0.2, -0.15) is 0 Å². The van der Waals surface area contributed by atoms with Gasteiger partial charge in [-0.15, -0.1) is 24.0 Å². The van der Waals surface area contributed by atoms with Crippen LogP contribution in [0.1, 0.15) is 38.3 Å². The number of piperidine rings is 1. The van der Waals surface area contributed by atoms with Gasteiger partial charge in [0, 0.05) is 31.2 Å². The average molecular weight is 529 g/mol. The first-order chi connectivity index (χ1) is 12.3. The molecule has 0 bridgehead atoms. The number of nitrogens with one attached hydrogen (secondary N) is 2. The van der Waals surface area contributed by atoms with E-state index in [1.807, 2.05) is 31.2 Å². The number of guanidine groups is 1. The molecule has 154 valence electrons. The molecule has 27 heavy (non-hydrogen) atoms. The first-order valence-corrected chi connectivity index (χ1v) is 11.3. The van der Waals surface area contributed by atoms with Crippen LogP contribution in [0.5, 0.6) is 0 Å². The third-order valence-electron chi connectivity index (χ3n) is 4.62. The van der Waals surface area contributed by atoms with Gasteiger partial charge in [0.1, 0.15) is 0 Å². The molecule has 1 saturated heterocycles. The largest absolute Gasteiger partial charge is 0.357 e. The van der Waals surface area contributed by atoms with Crippen molar-refractivity contribution in [3.63, 3.8) is 0 Å². The number of sulfonamides is 1. The molecule has 1 fully saturated rings. The summed E-state index contributed by atoms with van der Waals surface area (Å²) in [5, 5.41) is 7.41. The Hall–Kier alpha value is -0.580. The number of hydrogen-bond acceptors (Lipinski definition) is 3. The van der Waals surface area contributed by atoms with Gasteiger partial charge in [0.25, 0.3) is 0 Å². The molecule has 0 spiro atoms. The second-order valence-electron chi connectivity index (χ2n) is 6.74. The molecule has 1 aliphatic rings. The minimum absolute atomic E-state index is 0. The first-order valence-electron chi connectivity index (χ1n) is 9.05. The lowest BCUT2D eigenvalue weighted by Gasteiger charge is -2.29. The molecule has 1 aromatic carbocycles. The van der Waals surface area contributed by atoms with Gasteiger partial charge >= 0.3 is 0 Å². The average Bonchev–Trinajstić information content (AvgIpc) is 2.60. The van der Waals surface area contributed by atoms with E-state index in [1.165, 1.54) is 6.26 Å². The predicted octanol–water partition coefficient (Wildman–Crippen LogP) is 3.25. The molecule has 0 aromatic heterocycles. The molecule has 0 aliphatic carbocycles. The summed E-state index contributed by atoms with van der Waals surface area (Å²) < 4.78 is 24.7. The number of rotatable bonds is 6. The summed E-state index contributed by atoms with van der Waals surface area (Å²) in [6.45, 7) is 6.77. The van der Waals surface area contributed by atoms with E-state index in [0.717, 1.165) is 35.9 Å². The van der Waals surface area contributed by atoms with Crippen LogP contribution in [-0.2, 0) is 10.0 Å². The van der Waals surface area contributed by atoms with Gasteiger partial charge in [-0.3, -0.25) is 4.99 Å². The maximum absolute atomic E-state index is 11.6. The third kappa shape index (κ3) is 8.13. The van der Waals surface area contributed by atoms with Crippen molar-refractivity contribution in [1.29, 1.82) is 0 Å². The van der Waals surface area contributed by atoms with Crippen molar-refractivity contribution in [2.75, 3.05) is 32.4 Å². The van der Waals surface area contributed by atoms with E-state index in [2.05, 4.69) is 17.6 Å². The Morgan fingerprint density at radius 1 is 1.30 bits per heavy atom. The molecule has 6 nitrogen and oxygen atoms in total. The van der Waals surface area contributed by atoms with Gasteiger partial charge in [-0.25, -0.2) is 12.7 Å². The molecule has 1 unspecified atom stereocenters. The molecule has 1 aliphatic heterocycles. The SMILES string of the molecule is CCNC(=NCC1CCN(S(C)(=O)=O)CC1)NC(C)c1ccc(Cl)cc1.I. The van der Waals surface area contributed by atoms with Crippen molar-refractivity contribution in [1.82, 2.24) is 14.9 Å². The Bertz CT molecular complexity index is 705. The molecule has 1 atom stereocenters. The molecular formula is C18H30ClIN4O2S. The van der Waals surface area contributed by atoms with Crippen molar-refractivity contribution in [2.45, 2.75) is 32.7 Å². The summed E-state index contributed by atoms with van der Waals surface area (Å²) in [6.07, 6.45) is 2.97. The molecule has 0 amide bonds. The van der Waals surface area contributed by atoms with Crippen LogP contribution in [0.15, 0.2) is 29.3 Å². The highest BCUT2D eigenvalue weighted by Gasteiger charge is 2.24. The molecule has 1 aromatic rings. The Balaban J connectivity index is 0.00000364. The topological polar surface area (TPSA) is 73.8 Å². The molecule has 2 rings (SSSR count). The number of halogens is 2. The van der Waals surface area contributed by atoms with Crippen molar-refractivity contribution in [3.8, 4) is 0 Å². The maximum Gasteiger partial charge on any atom is 0.211 e. The fourth-order valence-corrected chi connectivity index (χ4v) is 4.00. The van der Waals surface area contributed by atoms with Gasteiger partial charge in [0.2, 0.25) is 10.0 Å². The third-order valence-corrected chi connectivity index (χ3v) is 6.17. The fourth-order valence-electron chi connectivity index (χ4n) is 3.00. The van der Waals surface area contributed by atoms with Gasteiger partial charge < -0.3 is 10.6 Å². The van der Waals surface area contributed by atoms with E-state index in [0.29, 0.717) is 25.6 Å². The van der Waals surface area contributed by atoms with Crippen molar-refractivity contribution < 1.29 is 8.42 Å². The van der Waals surface area contributed by atoms with Crippen LogP contribution in [0.2, 0.25) is 5.02 Å². The van der Waals surface area contributed by atoms with Gasteiger partial charge in [0.15, 0.2) is 5.96 Å². The summed E-state index contributed by atoms with van der Waals surface area (Å²) in [7, 11) is -3.08. The zero-order valence-corrected chi connectivity index (χ0v) is 20.0. The number of benzene rings is 1. The molecule has 0 saturated carbocycles. The normalized spacial score (nSPS) is 17.9. The summed E-state index contributed by atoms with van der Waals surface area (Å²) in [5.41, 5.74) is 1.14. The molecule has 1 heterocycles. The van der Waals surface area contributed by atoms with E-state index in [1.54, 1.807) is 4.31 Å². The highest BCUT2D eigenvalue weighted by Crippen LogP contribution is 2.20. The van der Waals surface area contributed by atoms with Gasteiger partial charge in [-0.05, 0) is 50.3 Å². The second-order valence-corrected chi connectivity index (χ2v) is 9.16. The van der Waals surface area contributed by atoms with E-state index in [9.17, 15) is 8.42 Å². The van der Waals surface area contributed by atoms with Crippen LogP contribution in [-0.4, -0.2) is 51.1 Å². The Morgan fingerprint density at radius 3 is 2.41 bits per heavy atom. The Morgan fingerprint density at radius 2 is 1.89 bits per heavy atom. The lowest BCUT2D eigenvalue weighted by molar-refractivity contribution is 0.280. The second kappa shape index (κ2) is 11.4. The van der Waals surface area contributed by atoms with Crippen molar-refractivity contribution >= 4 is 51.6 Å². The van der Waals surface area contributed by atoms with E-state index in [4.69, 9.17) is 16.6 Å². The number of nitrogens with zero attached hydrogens (tertiary/aromatic N) is 2.